The van der Waals surface area contributed by atoms with Gasteiger partial charge in [-0.3, -0.25) is 0 Å². The zero-order chi connectivity index (χ0) is 7.14. The highest BCUT2D eigenvalue weighted by atomic mass is 16.3. The molecule has 2 rings (SSSR count). The van der Waals surface area contributed by atoms with Crippen molar-refractivity contribution in [3.05, 3.63) is 17.6 Å². The van der Waals surface area contributed by atoms with E-state index in [1.807, 2.05) is 0 Å². The SMILES string of the molecule is C=c1nnc2ccc(O)n12. The quantitative estimate of drug-likeness (QED) is 0.533. The van der Waals surface area contributed by atoms with E-state index >= 15 is 0 Å². The highest BCUT2D eigenvalue weighted by Crippen LogP contribution is 2.08. The second-order valence-corrected chi connectivity index (χ2v) is 2.00. The minimum Gasteiger partial charge on any atom is -0.494 e. The lowest BCUT2D eigenvalue weighted by Gasteiger charge is -1.83. The molecular weight excluding hydrogens is 130 g/mol. The Kier molecular flexibility index (Phi) is 0.768. The van der Waals surface area contributed by atoms with Crippen molar-refractivity contribution >= 4 is 12.2 Å². The maximum Gasteiger partial charge on any atom is 0.198 e. The molecule has 0 aliphatic carbocycles. The van der Waals surface area contributed by atoms with Crippen LogP contribution in [0.5, 0.6) is 5.88 Å². The van der Waals surface area contributed by atoms with Crippen molar-refractivity contribution in [2.45, 2.75) is 0 Å². The molecule has 2 aromatic heterocycles. The normalized spacial score (nSPS) is 10.8. The van der Waals surface area contributed by atoms with Gasteiger partial charge in [-0.05, 0) is 6.07 Å². The Morgan fingerprint density at radius 3 is 2.90 bits per heavy atom. The lowest BCUT2D eigenvalue weighted by Crippen LogP contribution is -2.06. The second kappa shape index (κ2) is 1.47. The third kappa shape index (κ3) is 0.452. The fourth-order valence-electron chi connectivity index (χ4n) is 0.912. The maximum absolute atomic E-state index is 9.12. The van der Waals surface area contributed by atoms with Gasteiger partial charge in [-0.15, -0.1) is 10.2 Å². The van der Waals surface area contributed by atoms with Crippen LogP contribution in [0.2, 0.25) is 0 Å². The van der Waals surface area contributed by atoms with Crippen molar-refractivity contribution in [3.63, 3.8) is 0 Å². The third-order valence-electron chi connectivity index (χ3n) is 1.37. The van der Waals surface area contributed by atoms with Crippen molar-refractivity contribution in [1.29, 1.82) is 0 Å². The minimum atomic E-state index is 0.130. The van der Waals surface area contributed by atoms with Crippen molar-refractivity contribution in [2.75, 3.05) is 0 Å². The highest BCUT2D eigenvalue weighted by molar-refractivity contribution is 5.42. The molecule has 1 N–H and O–H groups in total. The molecule has 0 unspecified atom stereocenters. The van der Waals surface area contributed by atoms with Crippen LogP contribution in [-0.2, 0) is 0 Å². The van der Waals surface area contributed by atoms with Crippen LogP contribution in [0, 0.1) is 0 Å². The van der Waals surface area contributed by atoms with Gasteiger partial charge < -0.3 is 5.11 Å². The van der Waals surface area contributed by atoms with E-state index in [0.717, 1.165) is 0 Å². The zero-order valence-corrected chi connectivity index (χ0v) is 5.15. The Hall–Kier alpha value is -1.58. The van der Waals surface area contributed by atoms with E-state index in [0.29, 0.717) is 11.1 Å². The summed E-state index contributed by atoms with van der Waals surface area (Å²) in [5, 5.41) is 16.5. The molecule has 0 atom stereocenters. The Morgan fingerprint density at radius 1 is 1.40 bits per heavy atom. The summed E-state index contributed by atoms with van der Waals surface area (Å²) in [6.45, 7) is 3.57. The summed E-state index contributed by atoms with van der Waals surface area (Å²) < 4.78 is 1.47. The largest absolute Gasteiger partial charge is 0.494 e. The average Bonchev–Trinajstić information content (AvgIpc) is 2.40. The van der Waals surface area contributed by atoms with Gasteiger partial charge in [-0.2, -0.15) is 0 Å². The van der Waals surface area contributed by atoms with E-state index in [2.05, 4.69) is 16.8 Å². The van der Waals surface area contributed by atoms with E-state index in [-0.39, 0.29) is 5.88 Å². The highest BCUT2D eigenvalue weighted by Gasteiger charge is 2.01. The van der Waals surface area contributed by atoms with Crippen LogP contribution in [0.1, 0.15) is 0 Å². The second-order valence-electron chi connectivity index (χ2n) is 2.00. The van der Waals surface area contributed by atoms with Crippen LogP contribution >= 0.6 is 0 Å². The van der Waals surface area contributed by atoms with Crippen LogP contribution in [0.25, 0.3) is 12.2 Å². The molecule has 50 valence electrons. The fourth-order valence-corrected chi connectivity index (χ4v) is 0.912. The summed E-state index contributed by atoms with van der Waals surface area (Å²) in [6, 6.07) is 3.23. The standard InChI is InChI=1S/C6H5N3O/c1-4-7-8-5-2-3-6(10)9(4)5/h2-3,10H,1H2. The van der Waals surface area contributed by atoms with Crippen molar-refractivity contribution in [1.82, 2.24) is 14.6 Å². The lowest BCUT2D eigenvalue weighted by atomic mass is 10.6. The minimum absolute atomic E-state index is 0.130. The number of aromatic hydroxyl groups is 1. The monoisotopic (exact) mass is 135 g/mol. The van der Waals surface area contributed by atoms with Gasteiger partial charge in [0, 0.05) is 6.07 Å². The summed E-state index contributed by atoms with van der Waals surface area (Å²) in [5.41, 5.74) is 1.08. The molecular formula is C6H5N3O. The van der Waals surface area contributed by atoms with Crippen LogP contribution in [0.4, 0.5) is 0 Å². The summed E-state index contributed by atoms with van der Waals surface area (Å²) in [6.07, 6.45) is 0. The van der Waals surface area contributed by atoms with Crippen LogP contribution in [-0.4, -0.2) is 19.7 Å². The molecule has 2 aromatic rings. The molecule has 0 aliphatic rings. The molecule has 10 heavy (non-hydrogen) atoms. The number of hydrogen-bond donors (Lipinski definition) is 1. The van der Waals surface area contributed by atoms with Crippen molar-refractivity contribution in [3.8, 4) is 5.88 Å². The molecule has 4 nitrogen and oxygen atoms in total. The van der Waals surface area contributed by atoms with Crippen molar-refractivity contribution in [2.24, 2.45) is 0 Å². The predicted octanol–water partition coefficient (Wildman–Crippen LogP) is -0.436. The zero-order valence-electron chi connectivity index (χ0n) is 5.15. The van der Waals surface area contributed by atoms with Crippen LogP contribution in [0.15, 0.2) is 12.1 Å². The Bertz CT molecular complexity index is 406. The molecule has 0 spiro atoms. The molecule has 0 amide bonds. The van der Waals surface area contributed by atoms with Crippen molar-refractivity contribution < 1.29 is 5.11 Å². The van der Waals surface area contributed by atoms with E-state index in [1.54, 1.807) is 12.1 Å². The third-order valence-corrected chi connectivity index (χ3v) is 1.37. The molecule has 0 saturated carbocycles. The first kappa shape index (κ1) is 5.22. The molecule has 4 heteroatoms. The van der Waals surface area contributed by atoms with Crippen LogP contribution < -0.4 is 5.48 Å². The van der Waals surface area contributed by atoms with Gasteiger partial charge in [-0.1, -0.05) is 6.58 Å². The van der Waals surface area contributed by atoms with Gasteiger partial charge in [0.1, 0.15) is 0 Å². The number of rotatable bonds is 0. The molecule has 2 heterocycles. The Morgan fingerprint density at radius 2 is 2.20 bits per heavy atom. The van der Waals surface area contributed by atoms with Crippen LogP contribution in [0.3, 0.4) is 0 Å². The Labute approximate surface area is 56.4 Å². The Balaban J connectivity index is 3.12. The first-order valence-corrected chi connectivity index (χ1v) is 2.81. The van der Waals surface area contributed by atoms with E-state index < -0.39 is 0 Å². The smallest absolute Gasteiger partial charge is 0.198 e. The molecule has 0 aromatic carbocycles. The first-order chi connectivity index (χ1) is 4.79. The summed E-state index contributed by atoms with van der Waals surface area (Å²) in [5.74, 6) is 0.130. The number of fused-ring (bicyclic) bond motifs is 1. The lowest BCUT2D eigenvalue weighted by molar-refractivity contribution is 0.447. The summed E-state index contributed by atoms with van der Waals surface area (Å²) in [7, 11) is 0. The first-order valence-electron chi connectivity index (χ1n) is 2.81. The number of aromatic nitrogens is 3. The molecule has 0 aliphatic heterocycles. The van der Waals surface area contributed by atoms with Gasteiger partial charge in [0.25, 0.3) is 0 Å². The molecule has 0 saturated heterocycles. The van der Waals surface area contributed by atoms with Gasteiger partial charge in [-0.25, -0.2) is 4.40 Å². The van der Waals surface area contributed by atoms with E-state index in [4.69, 9.17) is 5.11 Å². The molecule has 0 fully saturated rings. The summed E-state index contributed by atoms with van der Waals surface area (Å²) in [4.78, 5) is 0. The predicted molar refractivity (Wildman–Crippen MR) is 35.4 cm³/mol. The van der Waals surface area contributed by atoms with Gasteiger partial charge in [0.05, 0.1) is 0 Å². The molecule has 0 radical (unpaired) electrons. The van der Waals surface area contributed by atoms with Gasteiger partial charge >= 0.3 is 0 Å². The van der Waals surface area contributed by atoms with Gasteiger partial charge in [0.15, 0.2) is 17.0 Å². The molecule has 0 bridgehead atoms. The number of hydrogen-bond acceptors (Lipinski definition) is 3. The number of nitrogens with zero attached hydrogens (tertiary/aromatic N) is 3. The van der Waals surface area contributed by atoms with E-state index in [9.17, 15) is 0 Å². The van der Waals surface area contributed by atoms with E-state index in [1.165, 1.54) is 4.40 Å². The maximum atomic E-state index is 9.12. The fraction of sp³-hybridized carbons (Fsp3) is 0. The topological polar surface area (TPSA) is 50.4 Å². The van der Waals surface area contributed by atoms with Gasteiger partial charge in [0.2, 0.25) is 0 Å². The average molecular weight is 135 g/mol. The summed E-state index contributed by atoms with van der Waals surface area (Å²) >= 11 is 0.